The minimum absolute atomic E-state index is 0.119. The first-order valence-corrected chi connectivity index (χ1v) is 10.4. The lowest BCUT2D eigenvalue weighted by molar-refractivity contribution is 0.0922. The molecule has 1 aliphatic heterocycles. The minimum Gasteiger partial charge on any atom is -0.360 e. The number of fused-ring (bicyclic) bond motifs is 1. The molecule has 0 radical (unpaired) electrons. The van der Waals surface area contributed by atoms with Gasteiger partial charge >= 0.3 is 0 Å². The number of amides is 1. The standard InChI is InChI=1S/C21H23N3O2S/c1-13-10-24(11-16-8-15-4-2-3-5-20(15)27-16)12-18(13)22-21(25)17-9-19(26-23-17)14-6-7-14/h2-5,8-9,13-14,18H,6-7,10-12H2,1H3,(H,22,25)/t13-,18?/m1/s1. The summed E-state index contributed by atoms with van der Waals surface area (Å²) in [6.07, 6.45) is 2.28. The molecule has 2 fully saturated rings. The normalized spacial score (nSPS) is 23.1. The van der Waals surface area contributed by atoms with Gasteiger partial charge in [-0.3, -0.25) is 9.69 Å². The molecule has 2 aromatic heterocycles. The minimum atomic E-state index is -0.119. The van der Waals surface area contributed by atoms with E-state index in [1.165, 1.54) is 15.0 Å². The fourth-order valence-corrected chi connectivity index (χ4v) is 5.03. The van der Waals surface area contributed by atoms with Gasteiger partial charge in [0.05, 0.1) is 0 Å². The molecule has 1 aliphatic carbocycles. The molecular formula is C21H23N3O2S. The third-order valence-electron chi connectivity index (χ3n) is 5.60. The average molecular weight is 382 g/mol. The maximum Gasteiger partial charge on any atom is 0.273 e. The second-order valence-electron chi connectivity index (χ2n) is 7.89. The van der Waals surface area contributed by atoms with Crippen LogP contribution in [0.25, 0.3) is 10.1 Å². The molecule has 2 aliphatic rings. The van der Waals surface area contributed by atoms with Crippen molar-refractivity contribution in [2.24, 2.45) is 5.92 Å². The van der Waals surface area contributed by atoms with Gasteiger partial charge in [-0.15, -0.1) is 11.3 Å². The number of thiophene rings is 1. The van der Waals surface area contributed by atoms with Crippen molar-refractivity contribution in [1.82, 2.24) is 15.4 Å². The number of carbonyl (C=O) groups excluding carboxylic acids is 1. The van der Waals surface area contributed by atoms with Gasteiger partial charge in [0, 0.05) is 47.2 Å². The van der Waals surface area contributed by atoms with E-state index >= 15 is 0 Å². The number of benzene rings is 1. The van der Waals surface area contributed by atoms with E-state index in [1.54, 1.807) is 0 Å². The number of rotatable bonds is 5. The molecule has 2 atom stereocenters. The van der Waals surface area contributed by atoms with Crippen molar-refractivity contribution < 1.29 is 9.32 Å². The van der Waals surface area contributed by atoms with Crippen LogP contribution in [0.5, 0.6) is 0 Å². The van der Waals surface area contributed by atoms with Crippen LogP contribution in [0, 0.1) is 5.92 Å². The second-order valence-corrected chi connectivity index (χ2v) is 9.06. The number of hydrogen-bond acceptors (Lipinski definition) is 5. The third kappa shape index (κ3) is 3.51. The molecule has 1 aromatic carbocycles. The Hall–Kier alpha value is -2.18. The van der Waals surface area contributed by atoms with Crippen molar-refractivity contribution in [1.29, 1.82) is 0 Å². The molecule has 1 saturated heterocycles. The van der Waals surface area contributed by atoms with E-state index in [-0.39, 0.29) is 11.9 Å². The van der Waals surface area contributed by atoms with Gasteiger partial charge in [0.2, 0.25) is 0 Å². The van der Waals surface area contributed by atoms with E-state index < -0.39 is 0 Å². The predicted octanol–water partition coefficient (Wildman–Crippen LogP) is 4.02. The molecule has 0 bridgehead atoms. The van der Waals surface area contributed by atoms with E-state index in [1.807, 2.05) is 17.4 Å². The highest BCUT2D eigenvalue weighted by atomic mass is 32.1. The number of carbonyl (C=O) groups is 1. The largest absolute Gasteiger partial charge is 0.360 e. The zero-order valence-electron chi connectivity index (χ0n) is 15.4. The van der Waals surface area contributed by atoms with E-state index in [9.17, 15) is 4.79 Å². The molecule has 5 nitrogen and oxygen atoms in total. The lowest BCUT2D eigenvalue weighted by atomic mass is 10.1. The van der Waals surface area contributed by atoms with Crippen LogP contribution >= 0.6 is 11.3 Å². The Morgan fingerprint density at radius 2 is 2.15 bits per heavy atom. The van der Waals surface area contributed by atoms with E-state index in [0.717, 1.165) is 38.2 Å². The summed E-state index contributed by atoms with van der Waals surface area (Å²) in [4.78, 5) is 16.3. The number of aromatic nitrogens is 1. The fraction of sp³-hybridized carbons (Fsp3) is 0.429. The van der Waals surface area contributed by atoms with E-state index in [2.05, 4.69) is 52.6 Å². The van der Waals surface area contributed by atoms with Crippen molar-refractivity contribution in [3.8, 4) is 0 Å². The van der Waals surface area contributed by atoms with Crippen LogP contribution in [0.4, 0.5) is 0 Å². The zero-order valence-corrected chi connectivity index (χ0v) is 16.2. The van der Waals surface area contributed by atoms with Gasteiger partial charge in [0.1, 0.15) is 5.76 Å². The van der Waals surface area contributed by atoms with E-state index in [0.29, 0.717) is 17.5 Å². The van der Waals surface area contributed by atoms with E-state index in [4.69, 9.17) is 4.52 Å². The van der Waals surface area contributed by atoms with Crippen LogP contribution in [0.2, 0.25) is 0 Å². The molecule has 3 aromatic rings. The quantitative estimate of drug-likeness (QED) is 0.725. The molecule has 6 heteroatoms. The summed E-state index contributed by atoms with van der Waals surface area (Å²) in [7, 11) is 0. The first-order chi connectivity index (χ1) is 13.2. The Morgan fingerprint density at radius 1 is 1.30 bits per heavy atom. The molecule has 27 heavy (non-hydrogen) atoms. The van der Waals surface area contributed by atoms with Crippen molar-refractivity contribution in [2.45, 2.75) is 38.3 Å². The van der Waals surface area contributed by atoms with Crippen molar-refractivity contribution in [3.05, 3.63) is 52.7 Å². The zero-order chi connectivity index (χ0) is 18.4. The van der Waals surface area contributed by atoms with Crippen LogP contribution in [-0.2, 0) is 6.54 Å². The number of hydrogen-bond donors (Lipinski definition) is 1. The molecule has 140 valence electrons. The van der Waals surface area contributed by atoms with Gasteiger partial charge in [-0.25, -0.2) is 0 Å². The molecule has 3 heterocycles. The second kappa shape index (κ2) is 6.77. The Bertz CT molecular complexity index is 942. The lowest BCUT2D eigenvalue weighted by Crippen LogP contribution is -2.39. The molecule has 1 N–H and O–H groups in total. The Kier molecular flexibility index (Phi) is 4.25. The summed E-state index contributed by atoms with van der Waals surface area (Å²) in [6.45, 7) is 5.00. The van der Waals surface area contributed by atoms with Gasteiger partial charge in [0.15, 0.2) is 5.69 Å². The highest BCUT2D eigenvalue weighted by Crippen LogP contribution is 2.40. The number of nitrogens with zero attached hydrogens (tertiary/aromatic N) is 2. The summed E-state index contributed by atoms with van der Waals surface area (Å²) in [5, 5.41) is 8.43. The maximum absolute atomic E-state index is 12.5. The first-order valence-electron chi connectivity index (χ1n) is 9.63. The first kappa shape index (κ1) is 17.0. The summed E-state index contributed by atoms with van der Waals surface area (Å²) in [6, 6.07) is 12.7. The van der Waals surface area contributed by atoms with Crippen molar-refractivity contribution >= 4 is 27.3 Å². The fourth-order valence-electron chi connectivity index (χ4n) is 3.92. The Labute approximate surface area is 162 Å². The summed E-state index contributed by atoms with van der Waals surface area (Å²) in [5.74, 6) is 1.62. The van der Waals surface area contributed by atoms with Crippen LogP contribution in [-0.4, -0.2) is 35.1 Å². The third-order valence-corrected chi connectivity index (χ3v) is 6.70. The molecule has 1 unspecified atom stereocenters. The number of likely N-dealkylation sites (tertiary alicyclic amines) is 1. The summed E-state index contributed by atoms with van der Waals surface area (Å²) >= 11 is 1.86. The maximum atomic E-state index is 12.5. The van der Waals surface area contributed by atoms with Crippen LogP contribution in [0.1, 0.15) is 46.8 Å². The van der Waals surface area contributed by atoms with Crippen LogP contribution in [0.3, 0.4) is 0 Å². The predicted molar refractivity (Wildman–Crippen MR) is 106 cm³/mol. The molecule has 1 saturated carbocycles. The topological polar surface area (TPSA) is 58.4 Å². The monoisotopic (exact) mass is 381 g/mol. The van der Waals surface area contributed by atoms with Crippen LogP contribution in [0.15, 0.2) is 40.9 Å². The Balaban J connectivity index is 1.21. The van der Waals surface area contributed by atoms with Gasteiger partial charge in [0.25, 0.3) is 5.91 Å². The van der Waals surface area contributed by atoms with Gasteiger partial charge in [-0.1, -0.05) is 30.3 Å². The molecule has 5 rings (SSSR count). The summed E-state index contributed by atoms with van der Waals surface area (Å²) in [5.41, 5.74) is 0.409. The average Bonchev–Trinajstić information content (AvgIpc) is 3.09. The van der Waals surface area contributed by atoms with Crippen LogP contribution < -0.4 is 5.32 Å². The van der Waals surface area contributed by atoms with Crippen molar-refractivity contribution in [3.63, 3.8) is 0 Å². The van der Waals surface area contributed by atoms with Gasteiger partial charge in [-0.2, -0.15) is 0 Å². The number of nitrogens with one attached hydrogen (secondary N) is 1. The van der Waals surface area contributed by atoms with Gasteiger partial charge < -0.3 is 9.84 Å². The summed E-state index contributed by atoms with van der Waals surface area (Å²) < 4.78 is 6.65. The molecule has 0 spiro atoms. The smallest absolute Gasteiger partial charge is 0.273 e. The van der Waals surface area contributed by atoms with Gasteiger partial charge in [-0.05, 0) is 36.3 Å². The Morgan fingerprint density at radius 3 is 2.96 bits per heavy atom. The highest BCUT2D eigenvalue weighted by Gasteiger charge is 2.33. The lowest BCUT2D eigenvalue weighted by Gasteiger charge is -2.16. The highest BCUT2D eigenvalue weighted by molar-refractivity contribution is 7.19. The molecular weight excluding hydrogens is 358 g/mol. The molecule has 1 amide bonds. The van der Waals surface area contributed by atoms with Crippen molar-refractivity contribution in [2.75, 3.05) is 13.1 Å². The SMILES string of the molecule is C[C@@H]1CN(Cc2cc3ccccc3s2)CC1NC(=O)c1cc(C2CC2)on1.